The predicted molar refractivity (Wildman–Crippen MR) is 138 cm³/mol. The number of methoxy groups -OCH3 is 1. The number of piperidine rings is 1. The van der Waals surface area contributed by atoms with Crippen molar-refractivity contribution in [2.75, 3.05) is 26.8 Å². The van der Waals surface area contributed by atoms with Crippen LogP contribution in [0.5, 0.6) is 11.5 Å². The van der Waals surface area contributed by atoms with E-state index in [9.17, 15) is 14.4 Å². The minimum Gasteiger partial charge on any atom is -0.493 e. The van der Waals surface area contributed by atoms with Crippen LogP contribution in [0.1, 0.15) is 18.0 Å². The maximum atomic E-state index is 13.0. The standard InChI is InChI=1S/C29H26N2O6/c1-35-25-6-2-4-20-13-23(29(34)37-28(20)25)19-8-10-22(11-9-19)36-17-27(33)30-14-18-12-21(16-30)24-5-3-7-26(32)31(24)15-18/h2-11,13,18,21H,12,14-17H2,1H3/t18-,21+/m1/s1. The van der Waals surface area contributed by atoms with Crippen LogP contribution in [0.15, 0.2) is 80.7 Å². The van der Waals surface area contributed by atoms with Crippen molar-refractivity contribution in [3.05, 3.63) is 93.2 Å². The molecule has 37 heavy (non-hydrogen) atoms. The summed E-state index contributed by atoms with van der Waals surface area (Å²) in [5.74, 6) is 1.40. The zero-order chi connectivity index (χ0) is 25.5. The van der Waals surface area contributed by atoms with Crippen LogP contribution in [0.25, 0.3) is 22.1 Å². The molecule has 188 valence electrons. The first kappa shape index (κ1) is 23.1. The van der Waals surface area contributed by atoms with E-state index >= 15 is 0 Å². The van der Waals surface area contributed by atoms with Gasteiger partial charge in [0.2, 0.25) is 0 Å². The Kier molecular flexibility index (Phi) is 5.79. The van der Waals surface area contributed by atoms with Crippen molar-refractivity contribution < 1.29 is 18.7 Å². The van der Waals surface area contributed by atoms with E-state index in [-0.39, 0.29) is 29.9 Å². The second kappa shape index (κ2) is 9.28. The van der Waals surface area contributed by atoms with Crippen LogP contribution in [0, 0.1) is 5.92 Å². The molecule has 0 saturated carbocycles. The van der Waals surface area contributed by atoms with Gasteiger partial charge in [0.05, 0.1) is 12.7 Å². The van der Waals surface area contributed by atoms with Gasteiger partial charge in [-0.25, -0.2) is 4.79 Å². The zero-order valence-electron chi connectivity index (χ0n) is 20.4. The number of nitrogens with zero attached hydrogens (tertiary/aromatic N) is 2. The van der Waals surface area contributed by atoms with Gasteiger partial charge in [0.1, 0.15) is 5.75 Å². The number of ether oxygens (including phenoxy) is 2. The molecule has 8 nitrogen and oxygen atoms in total. The van der Waals surface area contributed by atoms with E-state index in [4.69, 9.17) is 13.9 Å². The minimum atomic E-state index is -0.458. The third kappa shape index (κ3) is 4.28. The van der Waals surface area contributed by atoms with E-state index in [0.717, 1.165) is 17.5 Å². The fraction of sp³-hybridized carbons (Fsp3) is 0.276. The molecule has 4 heterocycles. The van der Waals surface area contributed by atoms with Crippen molar-refractivity contribution in [3.63, 3.8) is 0 Å². The highest BCUT2D eigenvalue weighted by Crippen LogP contribution is 2.35. The summed E-state index contributed by atoms with van der Waals surface area (Å²) in [5, 5.41) is 0.763. The Bertz CT molecular complexity index is 1600. The molecule has 1 amide bonds. The van der Waals surface area contributed by atoms with Crippen LogP contribution in [0.4, 0.5) is 0 Å². The van der Waals surface area contributed by atoms with Crippen molar-refractivity contribution in [1.29, 1.82) is 0 Å². The predicted octanol–water partition coefficient (Wildman–Crippen LogP) is 3.66. The van der Waals surface area contributed by atoms with Crippen molar-refractivity contribution in [2.45, 2.75) is 18.9 Å². The number of likely N-dealkylation sites (tertiary alicyclic amines) is 1. The molecule has 0 aliphatic carbocycles. The Morgan fingerprint density at radius 3 is 2.62 bits per heavy atom. The van der Waals surface area contributed by atoms with Crippen molar-refractivity contribution in [2.24, 2.45) is 5.92 Å². The molecule has 1 fully saturated rings. The van der Waals surface area contributed by atoms with E-state index in [2.05, 4.69) is 0 Å². The van der Waals surface area contributed by atoms with Gasteiger partial charge in [0.25, 0.3) is 11.5 Å². The lowest BCUT2D eigenvalue weighted by Crippen LogP contribution is -2.50. The number of fused-ring (bicyclic) bond motifs is 5. The summed E-state index contributed by atoms with van der Waals surface area (Å²) in [7, 11) is 1.53. The quantitative estimate of drug-likeness (QED) is 0.390. The molecule has 2 aliphatic rings. The number of hydrogen-bond donors (Lipinski definition) is 0. The fourth-order valence-corrected chi connectivity index (χ4v) is 5.55. The zero-order valence-corrected chi connectivity index (χ0v) is 20.4. The van der Waals surface area contributed by atoms with Crippen LogP contribution in [0.2, 0.25) is 0 Å². The van der Waals surface area contributed by atoms with Gasteiger partial charge in [0, 0.05) is 42.7 Å². The number of carbonyl (C=O) groups is 1. The Morgan fingerprint density at radius 1 is 1.00 bits per heavy atom. The molecule has 2 aromatic carbocycles. The lowest BCUT2D eigenvalue weighted by Gasteiger charge is -2.42. The van der Waals surface area contributed by atoms with Gasteiger partial charge in [-0.1, -0.05) is 30.3 Å². The highest BCUT2D eigenvalue weighted by Gasteiger charge is 2.36. The number of aromatic nitrogens is 1. The van der Waals surface area contributed by atoms with Gasteiger partial charge in [0.15, 0.2) is 17.9 Å². The molecule has 0 radical (unpaired) electrons. The first-order chi connectivity index (χ1) is 18.0. The summed E-state index contributed by atoms with van der Waals surface area (Å²) in [5.41, 5.74) is 2.11. The SMILES string of the molecule is COc1cccc2cc(-c3ccc(OCC(=O)N4C[C@H]5C[C@@H](C4)c4cccc(=O)n4C5)cc3)c(=O)oc12. The average Bonchev–Trinajstić information content (AvgIpc) is 2.92. The van der Waals surface area contributed by atoms with E-state index in [1.807, 2.05) is 27.7 Å². The molecule has 8 heteroatoms. The highest BCUT2D eigenvalue weighted by molar-refractivity contribution is 5.86. The molecule has 4 aromatic rings. The maximum Gasteiger partial charge on any atom is 0.344 e. The number of amides is 1. The molecular weight excluding hydrogens is 472 g/mol. The summed E-state index contributed by atoms with van der Waals surface area (Å²) in [6, 6.07) is 19.6. The van der Waals surface area contributed by atoms with Crippen molar-refractivity contribution in [1.82, 2.24) is 9.47 Å². The van der Waals surface area contributed by atoms with Gasteiger partial charge in [-0.05, 0) is 48.2 Å². The largest absolute Gasteiger partial charge is 0.493 e. The normalized spacial score (nSPS) is 18.4. The molecule has 0 N–H and O–H groups in total. The minimum absolute atomic E-state index is 0.0277. The molecule has 2 atom stereocenters. The lowest BCUT2D eigenvalue weighted by atomic mass is 9.83. The second-order valence-electron chi connectivity index (χ2n) is 9.64. The number of pyridine rings is 1. The van der Waals surface area contributed by atoms with Crippen molar-refractivity contribution in [3.8, 4) is 22.6 Å². The number of carbonyl (C=O) groups excluding carboxylic acids is 1. The summed E-state index contributed by atoms with van der Waals surface area (Å²) < 4.78 is 18.4. The average molecular weight is 499 g/mol. The maximum absolute atomic E-state index is 13.0. The smallest absolute Gasteiger partial charge is 0.344 e. The summed E-state index contributed by atoms with van der Waals surface area (Å²) in [6.45, 7) is 1.79. The van der Waals surface area contributed by atoms with Crippen LogP contribution >= 0.6 is 0 Å². The highest BCUT2D eigenvalue weighted by atomic mass is 16.5. The van der Waals surface area contributed by atoms with Crippen LogP contribution in [-0.2, 0) is 11.3 Å². The van der Waals surface area contributed by atoms with E-state index in [1.54, 1.807) is 48.5 Å². The molecule has 6 rings (SSSR count). The summed E-state index contributed by atoms with van der Waals surface area (Å²) >= 11 is 0. The Labute approximate surface area is 212 Å². The Hall–Kier alpha value is -4.33. The first-order valence-corrected chi connectivity index (χ1v) is 12.3. The van der Waals surface area contributed by atoms with Crippen molar-refractivity contribution >= 4 is 16.9 Å². The number of benzene rings is 2. The van der Waals surface area contributed by atoms with E-state index < -0.39 is 5.63 Å². The van der Waals surface area contributed by atoms with Gasteiger partial charge in [-0.15, -0.1) is 0 Å². The second-order valence-corrected chi connectivity index (χ2v) is 9.64. The molecule has 2 aliphatic heterocycles. The first-order valence-electron chi connectivity index (χ1n) is 12.3. The molecule has 0 unspecified atom stereocenters. The van der Waals surface area contributed by atoms with Crippen LogP contribution < -0.4 is 20.7 Å². The topological polar surface area (TPSA) is 91.0 Å². The Balaban J connectivity index is 1.13. The monoisotopic (exact) mass is 498 g/mol. The molecule has 2 aromatic heterocycles. The number of para-hydroxylation sites is 1. The van der Waals surface area contributed by atoms with Gasteiger partial charge in [-0.2, -0.15) is 0 Å². The Morgan fingerprint density at radius 2 is 1.81 bits per heavy atom. The molecule has 0 spiro atoms. The third-order valence-corrected chi connectivity index (χ3v) is 7.30. The number of rotatable bonds is 5. The van der Waals surface area contributed by atoms with E-state index in [1.165, 1.54) is 7.11 Å². The molecular formula is C29H26N2O6. The molecule has 1 saturated heterocycles. The third-order valence-electron chi connectivity index (χ3n) is 7.30. The van der Waals surface area contributed by atoms with Gasteiger partial charge < -0.3 is 23.4 Å². The van der Waals surface area contributed by atoms with Crippen LogP contribution in [0.3, 0.4) is 0 Å². The lowest BCUT2D eigenvalue weighted by molar-refractivity contribution is -0.136. The summed E-state index contributed by atoms with van der Waals surface area (Å²) in [6.07, 6.45) is 0.991. The summed E-state index contributed by atoms with van der Waals surface area (Å²) in [4.78, 5) is 39.7. The van der Waals surface area contributed by atoms with Gasteiger partial charge >= 0.3 is 5.63 Å². The van der Waals surface area contributed by atoms with E-state index in [0.29, 0.717) is 47.8 Å². The molecule has 2 bridgehead atoms. The van der Waals surface area contributed by atoms with Crippen LogP contribution in [-0.4, -0.2) is 42.2 Å². The number of hydrogen-bond acceptors (Lipinski definition) is 6. The fourth-order valence-electron chi connectivity index (χ4n) is 5.55. The van der Waals surface area contributed by atoms with Gasteiger partial charge in [-0.3, -0.25) is 9.59 Å².